The Morgan fingerprint density at radius 2 is 1.70 bits per heavy atom. The summed E-state index contributed by atoms with van der Waals surface area (Å²) in [6, 6.07) is 24.5. The molecule has 4 rings (SSSR count). The quantitative estimate of drug-likeness (QED) is 0.232. The Hall–Kier alpha value is -2.06. The zero-order valence-electron chi connectivity index (χ0n) is 15.5. The third kappa shape index (κ3) is 5.35. The van der Waals surface area contributed by atoms with Crippen LogP contribution >= 0.6 is 55.8 Å². The smallest absolute Gasteiger partial charge is 0.213 e. The van der Waals surface area contributed by atoms with Gasteiger partial charge in [-0.25, -0.2) is 0 Å². The van der Waals surface area contributed by atoms with Gasteiger partial charge in [0, 0.05) is 26.3 Å². The number of hydrogen-bond acceptors (Lipinski definition) is 5. The van der Waals surface area contributed by atoms with E-state index in [0.717, 1.165) is 20.7 Å². The van der Waals surface area contributed by atoms with Crippen LogP contribution in [0.2, 0.25) is 5.02 Å². The predicted molar refractivity (Wildman–Crippen MR) is 133 cm³/mol. The number of carbonyl (C=O) groups excluding carboxylic acids is 1. The Morgan fingerprint density at radius 3 is 2.40 bits per heavy atom. The molecule has 1 heterocycles. The van der Waals surface area contributed by atoms with E-state index >= 15 is 0 Å². The number of nitrogens with zero attached hydrogens (tertiary/aromatic N) is 3. The highest BCUT2D eigenvalue weighted by atomic mass is 79.9. The lowest BCUT2D eigenvalue weighted by atomic mass is 10.1. The number of rotatable bonds is 6. The maximum atomic E-state index is 12.9. The number of ketones is 1. The maximum Gasteiger partial charge on any atom is 0.213 e. The average molecular weight is 566 g/mol. The van der Waals surface area contributed by atoms with E-state index in [1.165, 1.54) is 11.3 Å². The molecule has 0 atom stereocenters. The minimum atomic E-state index is -0.0234. The van der Waals surface area contributed by atoms with Crippen molar-refractivity contribution in [1.29, 1.82) is 0 Å². The largest absolute Gasteiger partial charge is 0.309 e. The van der Waals surface area contributed by atoms with Gasteiger partial charge in [-0.05, 0) is 48.5 Å². The molecule has 0 amide bonds. The maximum absolute atomic E-state index is 12.9. The zero-order valence-corrected chi connectivity index (χ0v) is 20.4. The summed E-state index contributed by atoms with van der Waals surface area (Å²) in [5.74, 6) is -0.0234. The van der Waals surface area contributed by atoms with Crippen molar-refractivity contribution in [2.45, 2.75) is 0 Å². The van der Waals surface area contributed by atoms with Crippen LogP contribution in [0.3, 0.4) is 0 Å². The summed E-state index contributed by atoms with van der Waals surface area (Å²) in [5, 5.41) is 10.8. The molecule has 0 unspecified atom stereocenters. The first-order valence-electron chi connectivity index (χ1n) is 8.81. The van der Waals surface area contributed by atoms with Gasteiger partial charge in [0.15, 0.2) is 5.78 Å². The van der Waals surface area contributed by atoms with Gasteiger partial charge >= 0.3 is 0 Å². The van der Waals surface area contributed by atoms with Crippen LogP contribution in [-0.2, 0) is 0 Å². The Balaban J connectivity index is 0.00000256. The van der Waals surface area contributed by atoms with Gasteiger partial charge in [0.25, 0.3) is 0 Å². The molecule has 0 saturated carbocycles. The van der Waals surface area contributed by atoms with E-state index in [2.05, 4.69) is 26.1 Å². The van der Waals surface area contributed by atoms with Gasteiger partial charge in [0.1, 0.15) is 5.01 Å². The standard InChI is InChI=1S/C22H15BrClN3OS.BrH/c23-17-6-4-5-16(13-17)21-25-26-22(29-21)27(19-7-2-1-3-8-19)14-20(28)15-9-11-18(24)12-10-15;/h1-13H,14H2;1H. The summed E-state index contributed by atoms with van der Waals surface area (Å²) in [6.45, 7) is 0.152. The van der Waals surface area contributed by atoms with Gasteiger partial charge in [-0.15, -0.1) is 27.2 Å². The SMILES string of the molecule is Br.O=C(CN(c1ccccc1)c1nnc(-c2cccc(Br)c2)s1)c1ccc(Cl)cc1. The monoisotopic (exact) mass is 563 g/mol. The van der Waals surface area contributed by atoms with E-state index in [1.54, 1.807) is 24.3 Å². The van der Waals surface area contributed by atoms with Gasteiger partial charge in [0.2, 0.25) is 5.13 Å². The highest BCUT2D eigenvalue weighted by molar-refractivity contribution is 9.10. The van der Waals surface area contributed by atoms with Gasteiger partial charge in [-0.1, -0.05) is 69.2 Å². The summed E-state index contributed by atoms with van der Waals surface area (Å²) in [4.78, 5) is 14.8. The van der Waals surface area contributed by atoms with E-state index in [1.807, 2.05) is 59.5 Å². The lowest BCUT2D eigenvalue weighted by molar-refractivity contribution is 0.100. The van der Waals surface area contributed by atoms with Crippen LogP contribution in [0, 0.1) is 0 Å². The summed E-state index contributed by atoms with van der Waals surface area (Å²) in [5.41, 5.74) is 2.46. The molecule has 8 heteroatoms. The summed E-state index contributed by atoms with van der Waals surface area (Å²) in [6.07, 6.45) is 0. The third-order valence-electron chi connectivity index (χ3n) is 4.25. The lowest BCUT2D eigenvalue weighted by Gasteiger charge is -2.20. The molecule has 0 aliphatic carbocycles. The van der Waals surface area contributed by atoms with Crippen molar-refractivity contribution in [3.63, 3.8) is 0 Å². The first-order chi connectivity index (χ1) is 14.1. The van der Waals surface area contributed by atoms with Gasteiger partial charge < -0.3 is 4.90 Å². The Labute approximate surface area is 202 Å². The molecule has 0 N–H and O–H groups in total. The van der Waals surface area contributed by atoms with Crippen LogP contribution in [-0.4, -0.2) is 22.5 Å². The number of halogens is 3. The molecule has 152 valence electrons. The fourth-order valence-corrected chi connectivity index (χ4v) is 4.20. The predicted octanol–water partition coefficient (Wildman–Crippen LogP) is 7.22. The minimum Gasteiger partial charge on any atom is -0.309 e. The Morgan fingerprint density at radius 1 is 0.967 bits per heavy atom. The van der Waals surface area contributed by atoms with Crippen LogP contribution in [0.4, 0.5) is 10.8 Å². The second-order valence-electron chi connectivity index (χ2n) is 6.25. The molecule has 0 saturated heterocycles. The van der Waals surface area contributed by atoms with Crippen molar-refractivity contribution < 1.29 is 4.79 Å². The van der Waals surface area contributed by atoms with Crippen molar-refractivity contribution >= 4 is 72.5 Å². The zero-order chi connectivity index (χ0) is 20.2. The molecule has 1 aromatic heterocycles. The van der Waals surface area contributed by atoms with Crippen molar-refractivity contribution in [2.24, 2.45) is 0 Å². The van der Waals surface area contributed by atoms with E-state index in [9.17, 15) is 4.79 Å². The first kappa shape index (κ1) is 22.6. The van der Waals surface area contributed by atoms with Crippen molar-refractivity contribution in [2.75, 3.05) is 11.4 Å². The highest BCUT2D eigenvalue weighted by Gasteiger charge is 2.19. The molecule has 0 aliphatic rings. The second kappa shape index (κ2) is 10.3. The Bertz CT molecular complexity index is 1140. The van der Waals surface area contributed by atoms with E-state index in [4.69, 9.17) is 11.6 Å². The number of anilines is 2. The van der Waals surface area contributed by atoms with Gasteiger partial charge in [-0.3, -0.25) is 4.79 Å². The summed E-state index contributed by atoms with van der Waals surface area (Å²) in [7, 11) is 0. The molecule has 0 radical (unpaired) electrons. The van der Waals surface area contributed by atoms with Crippen LogP contribution in [0.15, 0.2) is 83.3 Å². The number of Topliss-reactive ketones (excluding diaryl/α,β-unsaturated/α-hetero) is 1. The van der Waals surface area contributed by atoms with Crippen LogP contribution < -0.4 is 4.90 Å². The molecule has 3 aromatic carbocycles. The van der Waals surface area contributed by atoms with Crippen molar-refractivity contribution in [1.82, 2.24) is 10.2 Å². The average Bonchev–Trinajstić information content (AvgIpc) is 3.23. The number of para-hydroxylation sites is 1. The van der Waals surface area contributed by atoms with E-state index in [-0.39, 0.29) is 29.3 Å². The molecule has 0 bridgehead atoms. The molecular weight excluding hydrogens is 550 g/mol. The van der Waals surface area contributed by atoms with Crippen LogP contribution in [0.1, 0.15) is 10.4 Å². The topological polar surface area (TPSA) is 46.1 Å². The highest BCUT2D eigenvalue weighted by Crippen LogP contribution is 2.33. The molecular formula is C22H16Br2ClN3OS. The van der Waals surface area contributed by atoms with Gasteiger partial charge in [-0.2, -0.15) is 0 Å². The number of aromatic nitrogens is 2. The van der Waals surface area contributed by atoms with Crippen molar-refractivity contribution in [3.05, 3.63) is 93.9 Å². The normalized spacial score (nSPS) is 10.3. The minimum absolute atomic E-state index is 0. The fraction of sp³-hybridized carbons (Fsp3) is 0.0455. The summed E-state index contributed by atoms with van der Waals surface area (Å²) < 4.78 is 0.976. The fourth-order valence-electron chi connectivity index (χ4n) is 2.81. The second-order valence-corrected chi connectivity index (χ2v) is 8.56. The number of carbonyl (C=O) groups is 1. The molecule has 0 spiro atoms. The molecule has 0 fully saturated rings. The molecule has 30 heavy (non-hydrogen) atoms. The van der Waals surface area contributed by atoms with E-state index < -0.39 is 0 Å². The van der Waals surface area contributed by atoms with E-state index in [0.29, 0.717) is 15.7 Å². The lowest BCUT2D eigenvalue weighted by Crippen LogP contribution is -2.25. The Kier molecular flexibility index (Phi) is 7.77. The molecule has 0 aliphatic heterocycles. The summed E-state index contributed by atoms with van der Waals surface area (Å²) >= 11 is 10.9. The van der Waals surface area contributed by atoms with Crippen LogP contribution in [0.5, 0.6) is 0 Å². The molecule has 4 nitrogen and oxygen atoms in total. The molecule has 4 aromatic rings. The number of benzene rings is 3. The third-order valence-corrected chi connectivity index (χ3v) is 5.99. The number of hydrogen-bond donors (Lipinski definition) is 0. The van der Waals surface area contributed by atoms with Crippen molar-refractivity contribution in [3.8, 4) is 10.6 Å². The first-order valence-corrected chi connectivity index (χ1v) is 10.8. The van der Waals surface area contributed by atoms with Gasteiger partial charge in [0.05, 0.1) is 6.54 Å². The van der Waals surface area contributed by atoms with Crippen LogP contribution in [0.25, 0.3) is 10.6 Å².